The molecule has 0 aromatic rings. The number of carboxylic acids is 1. The number of aliphatic carboxylic acids is 1. The Bertz CT molecular complexity index is 825. The van der Waals surface area contributed by atoms with Gasteiger partial charge in [0.15, 0.2) is 11.3 Å². The summed E-state index contributed by atoms with van der Waals surface area (Å²) < 4.78 is 0. The molecule has 1 saturated carbocycles. The molecule has 0 radical (unpaired) electrons. The quantitative estimate of drug-likeness (QED) is 0.353. The molecular weight excluding hydrogens is 404 g/mol. The van der Waals surface area contributed by atoms with E-state index in [0.29, 0.717) is 18.2 Å². The van der Waals surface area contributed by atoms with Crippen molar-refractivity contribution in [2.75, 3.05) is 12.3 Å². The van der Waals surface area contributed by atoms with Crippen molar-refractivity contribution in [3.05, 3.63) is 46.6 Å². The summed E-state index contributed by atoms with van der Waals surface area (Å²) >= 11 is 1.27. The molecular formula is C22H31N2O5S+. The maximum absolute atomic E-state index is 11.4. The lowest BCUT2D eigenvalue weighted by atomic mass is 9.95. The maximum atomic E-state index is 11.4. The van der Waals surface area contributed by atoms with Crippen LogP contribution < -0.4 is 10.2 Å². The number of allylic oxidation sites excluding steroid dienone is 4. The lowest BCUT2D eigenvalue weighted by Gasteiger charge is -2.26. The van der Waals surface area contributed by atoms with Gasteiger partial charge in [-0.15, -0.1) is 11.8 Å². The molecule has 30 heavy (non-hydrogen) atoms. The number of carboxylic acid groups (broad SMARTS) is 1. The average Bonchev–Trinajstić information content (AvgIpc) is 3.48. The molecule has 2 fully saturated rings. The highest BCUT2D eigenvalue weighted by molar-refractivity contribution is 8.03. The fourth-order valence-corrected chi connectivity index (χ4v) is 5.27. The highest BCUT2D eigenvalue weighted by Crippen LogP contribution is 2.35. The molecule has 0 aromatic heterocycles. The van der Waals surface area contributed by atoms with E-state index in [1.165, 1.54) is 31.5 Å². The van der Waals surface area contributed by atoms with Gasteiger partial charge in [0, 0.05) is 12.7 Å². The molecule has 5 N–H and O–H groups in total. The number of nitrogens with one attached hydrogen (secondary N) is 2. The second-order valence-electron chi connectivity index (χ2n) is 8.50. The summed E-state index contributed by atoms with van der Waals surface area (Å²) in [5.74, 6) is -0.722. The van der Waals surface area contributed by atoms with Gasteiger partial charge in [0.2, 0.25) is 5.91 Å². The average molecular weight is 436 g/mol. The number of carbonyl (C=O) groups excluding carboxylic acids is 1. The third kappa shape index (κ3) is 5.06. The first-order valence-electron chi connectivity index (χ1n) is 10.3. The maximum Gasteiger partial charge on any atom is 0.327 e. The number of thioether (sulfide) groups is 1. The van der Waals surface area contributed by atoms with E-state index in [1.54, 1.807) is 6.92 Å². The van der Waals surface area contributed by atoms with E-state index in [1.807, 2.05) is 25.2 Å². The molecule has 5 unspecified atom stereocenters. The number of fused-ring (bicyclic) bond motifs is 1. The predicted octanol–water partition coefficient (Wildman–Crippen LogP) is 0.382. The van der Waals surface area contributed by atoms with Gasteiger partial charge in [0.05, 0.1) is 4.91 Å². The molecule has 3 rings (SSSR count). The van der Waals surface area contributed by atoms with E-state index in [9.17, 15) is 24.9 Å². The number of hydrogen-bond donors (Lipinski definition) is 5. The van der Waals surface area contributed by atoms with Gasteiger partial charge in [0.25, 0.3) is 0 Å². The third-order valence-corrected chi connectivity index (χ3v) is 6.93. The number of rotatable bonds is 8. The SMILES string of the molecule is CC(=O)NC(CSC1=C2[NH+](CC=C1)C(C=C(C)C=CC1CC1)C(O)C2(C)O)C(=O)O. The first-order chi connectivity index (χ1) is 14.1. The van der Waals surface area contributed by atoms with Gasteiger partial charge in [-0.3, -0.25) is 9.69 Å². The zero-order valence-corrected chi connectivity index (χ0v) is 18.4. The minimum atomic E-state index is -1.43. The van der Waals surface area contributed by atoms with Crippen LogP contribution >= 0.6 is 11.8 Å². The molecule has 5 atom stereocenters. The summed E-state index contributed by atoms with van der Waals surface area (Å²) in [5, 5.41) is 33.9. The minimum Gasteiger partial charge on any atom is -0.480 e. The summed E-state index contributed by atoms with van der Waals surface area (Å²) in [6.45, 7) is 5.52. The number of aliphatic hydroxyl groups excluding tert-OH is 1. The van der Waals surface area contributed by atoms with Crippen LogP contribution in [0.25, 0.3) is 0 Å². The van der Waals surface area contributed by atoms with E-state index < -0.39 is 29.6 Å². The zero-order valence-electron chi connectivity index (χ0n) is 17.6. The van der Waals surface area contributed by atoms with Crippen molar-refractivity contribution >= 4 is 23.6 Å². The van der Waals surface area contributed by atoms with Crippen LogP contribution in [0.1, 0.15) is 33.6 Å². The van der Waals surface area contributed by atoms with E-state index >= 15 is 0 Å². The van der Waals surface area contributed by atoms with Gasteiger partial charge in [0.1, 0.15) is 24.7 Å². The standard InChI is InChI=1S/C22H30N2O5S/c1-13(6-7-15-8-9-15)11-17-20(26)22(3,29)19-18(5-4-10-24(17)19)30-12-16(21(27)28)23-14(2)25/h4-7,11,15-17,20,26,29H,8-10,12H2,1-3H3,(H,23,25)(H,27,28)/p+1. The van der Waals surface area contributed by atoms with Crippen molar-refractivity contribution in [3.8, 4) is 0 Å². The van der Waals surface area contributed by atoms with Crippen molar-refractivity contribution in [2.24, 2.45) is 5.92 Å². The number of aliphatic hydroxyl groups is 2. The Morgan fingerprint density at radius 3 is 2.70 bits per heavy atom. The third-order valence-electron chi connectivity index (χ3n) is 5.78. The van der Waals surface area contributed by atoms with Crippen molar-refractivity contribution in [2.45, 2.75) is 57.4 Å². The van der Waals surface area contributed by atoms with Crippen LogP contribution in [0.4, 0.5) is 0 Å². The number of carbonyl (C=O) groups is 2. The summed E-state index contributed by atoms with van der Waals surface area (Å²) in [7, 11) is 0. The van der Waals surface area contributed by atoms with Gasteiger partial charge < -0.3 is 20.6 Å². The van der Waals surface area contributed by atoms with Gasteiger partial charge in [-0.05, 0) is 56.4 Å². The second-order valence-corrected chi connectivity index (χ2v) is 9.56. The molecule has 1 amide bonds. The first kappa shape index (κ1) is 22.8. The van der Waals surface area contributed by atoms with Gasteiger partial charge >= 0.3 is 5.97 Å². The molecule has 1 aliphatic carbocycles. The van der Waals surface area contributed by atoms with Crippen molar-refractivity contribution < 1.29 is 29.8 Å². The summed E-state index contributed by atoms with van der Waals surface area (Å²) in [4.78, 5) is 24.4. The van der Waals surface area contributed by atoms with Gasteiger partial charge in [-0.25, -0.2) is 4.79 Å². The number of quaternary nitrogens is 1. The fraction of sp³-hybridized carbons (Fsp3) is 0.545. The smallest absolute Gasteiger partial charge is 0.327 e. The monoisotopic (exact) mass is 435 g/mol. The highest BCUT2D eigenvalue weighted by Gasteiger charge is 2.57. The molecule has 0 spiro atoms. The van der Waals surface area contributed by atoms with Crippen LogP contribution in [0.2, 0.25) is 0 Å². The second kappa shape index (κ2) is 9.09. The van der Waals surface area contributed by atoms with Crippen LogP contribution in [0.3, 0.4) is 0 Å². The lowest BCUT2D eigenvalue weighted by molar-refractivity contribution is -0.868. The Hall–Kier alpha value is -1.87. The van der Waals surface area contributed by atoms with E-state index in [-0.39, 0.29) is 11.8 Å². The Morgan fingerprint density at radius 1 is 1.40 bits per heavy atom. The van der Waals surface area contributed by atoms with E-state index in [4.69, 9.17) is 0 Å². The fourth-order valence-electron chi connectivity index (χ4n) is 4.02. The predicted molar refractivity (Wildman–Crippen MR) is 116 cm³/mol. The summed E-state index contributed by atoms with van der Waals surface area (Å²) in [6, 6.07) is -1.33. The largest absolute Gasteiger partial charge is 0.480 e. The zero-order chi connectivity index (χ0) is 22.1. The van der Waals surface area contributed by atoms with Crippen LogP contribution in [-0.2, 0) is 9.59 Å². The molecule has 8 heteroatoms. The Balaban J connectivity index is 1.83. The van der Waals surface area contributed by atoms with Crippen LogP contribution in [-0.4, -0.2) is 63.3 Å². The molecule has 164 valence electrons. The van der Waals surface area contributed by atoms with Crippen LogP contribution in [0.5, 0.6) is 0 Å². The summed E-state index contributed by atoms with van der Waals surface area (Å²) in [6.07, 6.45) is 11.6. The first-order valence-corrected chi connectivity index (χ1v) is 11.3. The normalized spacial score (nSPS) is 32.4. The van der Waals surface area contributed by atoms with Crippen molar-refractivity contribution in [1.82, 2.24) is 5.32 Å². The molecule has 1 saturated heterocycles. The van der Waals surface area contributed by atoms with E-state index in [2.05, 4.69) is 17.5 Å². The topological polar surface area (TPSA) is 111 Å². The van der Waals surface area contributed by atoms with Gasteiger partial charge in [-0.2, -0.15) is 0 Å². The Labute approximate surface area is 181 Å². The molecule has 7 nitrogen and oxygen atoms in total. The molecule has 0 aromatic carbocycles. The molecule has 2 aliphatic heterocycles. The number of hydrogen-bond acceptors (Lipinski definition) is 5. The number of amides is 1. The molecule has 2 heterocycles. The van der Waals surface area contributed by atoms with Crippen LogP contribution in [0.15, 0.2) is 46.6 Å². The minimum absolute atomic E-state index is 0.126. The highest BCUT2D eigenvalue weighted by atomic mass is 32.2. The summed E-state index contributed by atoms with van der Waals surface area (Å²) in [5.41, 5.74) is 0.294. The van der Waals surface area contributed by atoms with Gasteiger partial charge in [-0.1, -0.05) is 12.2 Å². The Kier molecular flexibility index (Phi) is 6.91. The van der Waals surface area contributed by atoms with Crippen molar-refractivity contribution in [3.63, 3.8) is 0 Å². The Morgan fingerprint density at radius 2 is 2.10 bits per heavy atom. The molecule has 0 bridgehead atoms. The lowest BCUT2D eigenvalue weighted by Crippen LogP contribution is -3.13. The van der Waals surface area contributed by atoms with E-state index in [0.717, 1.165) is 15.4 Å². The van der Waals surface area contributed by atoms with Crippen LogP contribution in [0, 0.1) is 5.92 Å². The van der Waals surface area contributed by atoms with Crippen molar-refractivity contribution in [1.29, 1.82) is 0 Å². The molecule has 3 aliphatic rings.